The van der Waals surface area contributed by atoms with Crippen LogP contribution in [0.15, 0.2) is 12.7 Å². The highest BCUT2D eigenvalue weighted by Gasteiger charge is 2.40. The number of hydrogen-bond acceptors (Lipinski definition) is 0. The highest BCUT2D eigenvalue weighted by molar-refractivity contribution is 4.92. The molecular formula is C11H18. The minimum atomic E-state index is 1.09. The van der Waals surface area contributed by atoms with Gasteiger partial charge >= 0.3 is 0 Å². The molecule has 11 heavy (non-hydrogen) atoms. The Bertz CT molecular complexity index is 128. The molecule has 0 heterocycles. The van der Waals surface area contributed by atoms with Gasteiger partial charge < -0.3 is 0 Å². The zero-order chi connectivity index (χ0) is 7.68. The van der Waals surface area contributed by atoms with Crippen LogP contribution in [0, 0.1) is 17.8 Å². The first-order chi connectivity index (χ1) is 5.42. The highest BCUT2D eigenvalue weighted by atomic mass is 14.5. The van der Waals surface area contributed by atoms with E-state index in [9.17, 15) is 0 Å². The predicted molar refractivity (Wildman–Crippen MR) is 48.4 cm³/mol. The lowest BCUT2D eigenvalue weighted by Crippen LogP contribution is -2.04. The molecule has 0 spiro atoms. The average molecular weight is 150 g/mol. The molecule has 2 rings (SSSR count). The third kappa shape index (κ3) is 1.23. The van der Waals surface area contributed by atoms with Crippen LogP contribution in [0.5, 0.6) is 0 Å². The molecule has 0 atom stereocenters. The van der Waals surface area contributed by atoms with Gasteiger partial charge in [-0.3, -0.25) is 0 Å². The number of allylic oxidation sites excluding steroid dienone is 1. The fourth-order valence-electron chi connectivity index (χ4n) is 3.17. The van der Waals surface area contributed by atoms with Gasteiger partial charge in [0.1, 0.15) is 0 Å². The van der Waals surface area contributed by atoms with Crippen LogP contribution in [0.2, 0.25) is 0 Å². The lowest BCUT2D eigenvalue weighted by atomic mass is 9.93. The first kappa shape index (κ1) is 7.39. The third-order valence-corrected chi connectivity index (χ3v) is 3.73. The van der Waals surface area contributed by atoms with E-state index in [1.807, 2.05) is 0 Å². The Morgan fingerprint density at radius 3 is 2.09 bits per heavy atom. The zero-order valence-corrected chi connectivity index (χ0v) is 7.26. The van der Waals surface area contributed by atoms with Crippen molar-refractivity contribution in [3.63, 3.8) is 0 Å². The second-order valence-electron chi connectivity index (χ2n) is 4.20. The summed E-state index contributed by atoms with van der Waals surface area (Å²) in [5, 5.41) is 0. The Hall–Kier alpha value is -0.260. The topological polar surface area (TPSA) is 0 Å². The van der Waals surface area contributed by atoms with Crippen molar-refractivity contribution in [1.82, 2.24) is 0 Å². The predicted octanol–water partition coefficient (Wildman–Crippen LogP) is 3.39. The van der Waals surface area contributed by atoms with Crippen molar-refractivity contribution in [2.24, 2.45) is 17.8 Å². The smallest absolute Gasteiger partial charge is 0.0351 e. The fourth-order valence-corrected chi connectivity index (χ4v) is 3.17. The van der Waals surface area contributed by atoms with Gasteiger partial charge in [-0.2, -0.15) is 0 Å². The maximum Gasteiger partial charge on any atom is -0.0351 e. The minimum Gasteiger partial charge on any atom is -0.103 e. The summed E-state index contributed by atoms with van der Waals surface area (Å²) in [5.41, 5.74) is 0. The monoisotopic (exact) mass is 150 g/mol. The molecule has 0 nitrogen and oxygen atoms in total. The summed E-state index contributed by atoms with van der Waals surface area (Å²) in [7, 11) is 0. The maximum atomic E-state index is 3.79. The summed E-state index contributed by atoms with van der Waals surface area (Å²) < 4.78 is 0. The molecule has 0 unspecified atom stereocenters. The van der Waals surface area contributed by atoms with Gasteiger partial charge in [-0.05, 0) is 56.3 Å². The maximum absolute atomic E-state index is 3.79. The van der Waals surface area contributed by atoms with E-state index >= 15 is 0 Å². The second-order valence-corrected chi connectivity index (χ2v) is 4.20. The SMILES string of the molecule is C=CCCC1C2CCC1CC2. The van der Waals surface area contributed by atoms with Crippen molar-refractivity contribution in [2.45, 2.75) is 38.5 Å². The fraction of sp³-hybridized carbons (Fsp3) is 0.818. The summed E-state index contributed by atoms with van der Waals surface area (Å²) in [6, 6.07) is 0. The van der Waals surface area contributed by atoms with Crippen LogP contribution in [-0.2, 0) is 0 Å². The van der Waals surface area contributed by atoms with Gasteiger partial charge in [-0.15, -0.1) is 6.58 Å². The highest BCUT2D eigenvalue weighted by Crippen LogP contribution is 2.51. The van der Waals surface area contributed by atoms with Gasteiger partial charge in [0, 0.05) is 0 Å². The molecule has 0 aromatic rings. The zero-order valence-electron chi connectivity index (χ0n) is 7.26. The molecule has 0 heteroatoms. The standard InChI is InChI=1S/C11H18/c1-2-3-4-11-9-5-6-10(11)8-7-9/h2,9-11H,1,3-8H2. The van der Waals surface area contributed by atoms with Gasteiger partial charge in [0.15, 0.2) is 0 Å². The molecule has 0 aromatic carbocycles. The Labute approximate surface area is 69.7 Å². The van der Waals surface area contributed by atoms with E-state index in [1.54, 1.807) is 0 Å². The van der Waals surface area contributed by atoms with Crippen molar-refractivity contribution in [3.8, 4) is 0 Å². The first-order valence-electron chi connectivity index (χ1n) is 5.02. The third-order valence-electron chi connectivity index (χ3n) is 3.73. The Morgan fingerprint density at radius 2 is 1.64 bits per heavy atom. The lowest BCUT2D eigenvalue weighted by molar-refractivity contribution is 0.380. The van der Waals surface area contributed by atoms with Gasteiger partial charge in [0.25, 0.3) is 0 Å². The molecule has 0 aliphatic heterocycles. The van der Waals surface area contributed by atoms with E-state index in [2.05, 4.69) is 12.7 Å². The van der Waals surface area contributed by atoms with E-state index in [0.29, 0.717) is 0 Å². The largest absolute Gasteiger partial charge is 0.103 e. The first-order valence-corrected chi connectivity index (χ1v) is 5.02. The Balaban J connectivity index is 1.89. The summed E-state index contributed by atoms with van der Waals surface area (Å²) >= 11 is 0. The number of rotatable bonds is 3. The van der Waals surface area contributed by atoms with Gasteiger partial charge in [-0.1, -0.05) is 6.08 Å². The van der Waals surface area contributed by atoms with Crippen LogP contribution in [0.4, 0.5) is 0 Å². The molecule has 2 bridgehead atoms. The number of fused-ring (bicyclic) bond motifs is 2. The van der Waals surface area contributed by atoms with Gasteiger partial charge in [-0.25, -0.2) is 0 Å². The van der Waals surface area contributed by atoms with E-state index in [1.165, 1.54) is 38.5 Å². The van der Waals surface area contributed by atoms with E-state index in [-0.39, 0.29) is 0 Å². The quantitative estimate of drug-likeness (QED) is 0.541. The molecule has 0 radical (unpaired) electrons. The molecule has 0 N–H and O–H groups in total. The van der Waals surface area contributed by atoms with E-state index < -0.39 is 0 Å². The van der Waals surface area contributed by atoms with Crippen molar-refractivity contribution < 1.29 is 0 Å². The lowest BCUT2D eigenvalue weighted by Gasteiger charge is -2.13. The molecule has 2 aliphatic rings. The van der Waals surface area contributed by atoms with Gasteiger partial charge in [0.2, 0.25) is 0 Å². The van der Waals surface area contributed by atoms with Crippen LogP contribution in [0.1, 0.15) is 38.5 Å². The molecule has 2 fully saturated rings. The summed E-state index contributed by atoms with van der Waals surface area (Å²) in [5.74, 6) is 3.31. The second kappa shape index (κ2) is 3.00. The van der Waals surface area contributed by atoms with Crippen LogP contribution >= 0.6 is 0 Å². The van der Waals surface area contributed by atoms with Gasteiger partial charge in [0.05, 0.1) is 0 Å². The molecule has 0 aromatic heterocycles. The van der Waals surface area contributed by atoms with Crippen LogP contribution in [0.25, 0.3) is 0 Å². The van der Waals surface area contributed by atoms with Crippen LogP contribution < -0.4 is 0 Å². The van der Waals surface area contributed by atoms with E-state index in [0.717, 1.165) is 17.8 Å². The molecule has 2 aliphatic carbocycles. The molecule has 62 valence electrons. The Morgan fingerprint density at radius 1 is 1.09 bits per heavy atom. The summed E-state index contributed by atoms with van der Waals surface area (Å²) in [6.07, 6.45) is 10.9. The minimum absolute atomic E-state index is 1.09. The molecule has 0 amide bonds. The van der Waals surface area contributed by atoms with Crippen molar-refractivity contribution in [3.05, 3.63) is 12.7 Å². The molecular weight excluding hydrogens is 132 g/mol. The Kier molecular flexibility index (Phi) is 2.02. The van der Waals surface area contributed by atoms with Crippen molar-refractivity contribution in [1.29, 1.82) is 0 Å². The van der Waals surface area contributed by atoms with Crippen LogP contribution in [-0.4, -0.2) is 0 Å². The van der Waals surface area contributed by atoms with Crippen LogP contribution in [0.3, 0.4) is 0 Å². The number of hydrogen-bond donors (Lipinski definition) is 0. The summed E-state index contributed by atoms with van der Waals surface area (Å²) in [6.45, 7) is 3.79. The normalized spacial score (nSPS) is 41.3. The van der Waals surface area contributed by atoms with E-state index in [4.69, 9.17) is 0 Å². The van der Waals surface area contributed by atoms with Crippen molar-refractivity contribution in [2.75, 3.05) is 0 Å². The molecule has 0 saturated heterocycles. The average Bonchev–Trinajstić information content (AvgIpc) is 2.59. The summed E-state index contributed by atoms with van der Waals surface area (Å²) in [4.78, 5) is 0. The van der Waals surface area contributed by atoms with Crippen molar-refractivity contribution >= 4 is 0 Å². The molecule has 2 saturated carbocycles.